The Morgan fingerprint density at radius 2 is 1.00 bits per heavy atom. The van der Waals surface area contributed by atoms with Gasteiger partial charge in [-0.25, -0.2) is 0 Å². The van der Waals surface area contributed by atoms with Crippen LogP contribution in [0.25, 0.3) is 11.1 Å². The normalized spacial score (nSPS) is 15.7. The fourth-order valence-electron chi connectivity index (χ4n) is 5.67. The molecule has 4 nitrogen and oxygen atoms in total. The third-order valence-corrected chi connectivity index (χ3v) is 7.25. The van der Waals surface area contributed by atoms with Crippen LogP contribution in [0, 0.1) is 12.1 Å². The Balaban J connectivity index is 0.00000264. The average Bonchev–Trinajstić information content (AvgIpc) is 3.65. The summed E-state index contributed by atoms with van der Waals surface area (Å²) in [7, 11) is 3.95. The van der Waals surface area contributed by atoms with Crippen molar-refractivity contribution in [3.8, 4) is 11.1 Å². The van der Waals surface area contributed by atoms with Crippen LogP contribution in [0.2, 0.25) is 0 Å². The van der Waals surface area contributed by atoms with E-state index in [9.17, 15) is 0 Å². The van der Waals surface area contributed by atoms with Crippen molar-refractivity contribution in [2.45, 2.75) is 5.41 Å². The monoisotopic (exact) mass is 671 g/mol. The van der Waals surface area contributed by atoms with E-state index in [1.54, 1.807) is 0 Å². The maximum atomic E-state index is 3.78. The Morgan fingerprint density at radius 3 is 1.42 bits per heavy atom. The van der Waals surface area contributed by atoms with E-state index in [1.807, 2.05) is 57.2 Å². The molecule has 0 spiro atoms. The van der Waals surface area contributed by atoms with Crippen LogP contribution in [0.3, 0.4) is 0 Å². The zero-order valence-electron chi connectivity index (χ0n) is 21.0. The predicted octanol–water partition coefficient (Wildman–Crippen LogP) is 5.54. The predicted molar refractivity (Wildman–Crippen MR) is 142 cm³/mol. The van der Waals surface area contributed by atoms with Crippen LogP contribution in [0.4, 0.5) is 11.4 Å². The third-order valence-electron chi connectivity index (χ3n) is 7.25. The number of fused-ring (bicyclic) bond motifs is 3. The average molecular weight is 672 g/mol. The minimum atomic E-state index is -0.579. The second kappa shape index (κ2) is 9.28. The van der Waals surface area contributed by atoms with Crippen molar-refractivity contribution in [1.29, 1.82) is 0 Å². The van der Waals surface area contributed by atoms with Crippen LogP contribution in [0.5, 0.6) is 0 Å². The summed E-state index contributed by atoms with van der Waals surface area (Å²) in [4.78, 5) is 0. The first-order valence-electron chi connectivity index (χ1n) is 12.3. The molecule has 0 fully saturated rings. The SMILES string of the molecule is C[N+]1=C=[N+](c2[c-]c(C3(c4[c-]c([N+]5=C=[N+](C)C=C5)ccc4)c4ccccc4-c4ccccc43)ccc2)C=C1.[Pt+2]. The minimum Gasteiger partial charge on any atom is -0.166 e. The zero-order chi connectivity index (χ0) is 25.0. The quantitative estimate of drug-likeness (QED) is 0.176. The van der Waals surface area contributed by atoms with Gasteiger partial charge in [0, 0.05) is 5.41 Å². The standard InChI is InChI=1S/C33H24N4.Pt/c1-34-17-19-36(23-34)27-11-7-9-25(21-27)33(26-10-8-12-28(22-26)37-20-18-35(2)24-37)31-15-5-3-13-29(31)30-14-4-6-16-32(30)33;/h3-20H,1-2H3;/q2*+2. The molecule has 0 saturated heterocycles. The van der Waals surface area contributed by atoms with Gasteiger partial charge in [0.2, 0.25) is 12.4 Å². The van der Waals surface area contributed by atoms with Gasteiger partial charge in [-0.15, -0.1) is 23.3 Å². The third kappa shape index (κ3) is 3.58. The van der Waals surface area contributed by atoms with E-state index in [-0.39, 0.29) is 21.1 Å². The van der Waals surface area contributed by atoms with Gasteiger partial charge in [-0.1, -0.05) is 79.0 Å². The number of nitrogens with zero attached hydrogens (tertiary/aromatic N) is 4. The summed E-state index contributed by atoms with van der Waals surface area (Å²) in [5.74, 6) is 0. The van der Waals surface area contributed by atoms with E-state index in [2.05, 4.69) is 109 Å². The first kappa shape index (κ1) is 24.2. The Morgan fingerprint density at radius 1 is 0.553 bits per heavy atom. The molecule has 38 heavy (non-hydrogen) atoms. The summed E-state index contributed by atoms with van der Waals surface area (Å²) >= 11 is 0. The molecule has 0 atom stereocenters. The molecule has 0 radical (unpaired) electrons. The van der Waals surface area contributed by atoms with Crippen molar-refractivity contribution in [1.82, 2.24) is 0 Å². The number of hydrogen-bond acceptors (Lipinski definition) is 0. The van der Waals surface area contributed by atoms with E-state index in [0.29, 0.717) is 0 Å². The fourth-order valence-corrected chi connectivity index (χ4v) is 5.67. The zero-order valence-corrected chi connectivity index (χ0v) is 23.3. The van der Waals surface area contributed by atoms with Crippen molar-refractivity contribution in [3.05, 3.63) is 144 Å². The molecule has 0 N–H and O–H groups in total. The Hall–Kier alpha value is -4.19. The van der Waals surface area contributed by atoms with Gasteiger partial charge in [-0.05, 0) is 22.3 Å². The largest absolute Gasteiger partial charge is 2.00 e. The van der Waals surface area contributed by atoms with Gasteiger partial charge in [0.15, 0.2) is 14.1 Å². The second-order valence-electron chi connectivity index (χ2n) is 9.50. The van der Waals surface area contributed by atoms with Crippen LogP contribution >= 0.6 is 0 Å². The van der Waals surface area contributed by atoms with Gasteiger partial charge in [0.1, 0.15) is 11.4 Å². The molecular weight excluding hydrogens is 647 g/mol. The smallest absolute Gasteiger partial charge is 0.166 e. The van der Waals surface area contributed by atoms with Crippen molar-refractivity contribution >= 4 is 23.4 Å². The molecule has 0 unspecified atom stereocenters. The number of benzene rings is 4. The topological polar surface area (TPSA) is 12.0 Å². The van der Waals surface area contributed by atoms with Gasteiger partial charge in [0.25, 0.3) is 12.4 Å². The first-order valence-corrected chi connectivity index (χ1v) is 12.3. The fraction of sp³-hybridized carbons (Fsp3) is 0.0909. The second-order valence-corrected chi connectivity index (χ2v) is 9.50. The van der Waals surface area contributed by atoms with Crippen molar-refractivity contribution in [2.24, 2.45) is 0 Å². The summed E-state index contributed by atoms with van der Waals surface area (Å²) in [6, 6.07) is 44.4. The number of hydrogen-bond donors (Lipinski definition) is 0. The van der Waals surface area contributed by atoms with Gasteiger partial charge >= 0.3 is 33.1 Å². The molecule has 0 saturated carbocycles. The maximum absolute atomic E-state index is 3.78. The first-order chi connectivity index (χ1) is 18.1. The Kier molecular flexibility index (Phi) is 5.90. The molecular formula is C33H24N4Pt+4. The molecule has 4 aromatic rings. The minimum absolute atomic E-state index is 0. The molecule has 0 amide bonds. The molecule has 3 aliphatic rings. The van der Waals surface area contributed by atoms with Crippen LogP contribution in [-0.4, -0.2) is 44.4 Å². The summed E-state index contributed by atoms with van der Waals surface area (Å²) in [6.45, 7) is 0. The Labute approximate surface area is 236 Å². The molecule has 2 heterocycles. The molecule has 1 aliphatic carbocycles. The van der Waals surface area contributed by atoms with Crippen LogP contribution in [-0.2, 0) is 26.5 Å². The van der Waals surface area contributed by atoms with Crippen LogP contribution in [0.1, 0.15) is 22.3 Å². The van der Waals surface area contributed by atoms with Crippen molar-refractivity contribution in [3.63, 3.8) is 0 Å². The van der Waals surface area contributed by atoms with Gasteiger partial charge in [0.05, 0.1) is 0 Å². The van der Waals surface area contributed by atoms with Crippen molar-refractivity contribution in [2.75, 3.05) is 14.1 Å². The molecule has 7 rings (SSSR count). The summed E-state index contributed by atoms with van der Waals surface area (Å²) in [6.07, 6.45) is 7.99. The summed E-state index contributed by atoms with van der Waals surface area (Å²) in [5, 5.41) is 0. The summed E-state index contributed by atoms with van der Waals surface area (Å²) in [5.41, 5.74) is 8.42. The molecule has 182 valence electrons. The van der Waals surface area contributed by atoms with Crippen LogP contribution in [0.15, 0.2) is 110 Å². The van der Waals surface area contributed by atoms with Gasteiger partial charge in [-0.2, -0.15) is 24.3 Å². The van der Waals surface area contributed by atoms with E-state index >= 15 is 0 Å². The summed E-state index contributed by atoms with van der Waals surface area (Å²) < 4.78 is 7.81. The molecule has 4 aromatic carbocycles. The number of rotatable bonds is 4. The van der Waals surface area contributed by atoms with Gasteiger partial charge in [-0.3, -0.25) is 0 Å². The van der Waals surface area contributed by atoms with Gasteiger partial charge < -0.3 is 0 Å². The van der Waals surface area contributed by atoms with E-state index < -0.39 is 5.41 Å². The van der Waals surface area contributed by atoms with E-state index in [0.717, 1.165) is 22.5 Å². The molecule has 0 bridgehead atoms. The van der Waals surface area contributed by atoms with E-state index in [1.165, 1.54) is 22.3 Å². The molecule has 2 aliphatic heterocycles. The maximum Gasteiger partial charge on any atom is 2.00 e. The van der Waals surface area contributed by atoms with Crippen LogP contribution < -0.4 is 0 Å². The van der Waals surface area contributed by atoms with Crippen molar-refractivity contribution < 1.29 is 39.4 Å². The molecule has 5 heteroatoms. The van der Waals surface area contributed by atoms with E-state index in [4.69, 9.17) is 0 Å². The molecule has 0 aromatic heterocycles. The Bertz CT molecular complexity index is 1690.